The topological polar surface area (TPSA) is 93.2 Å². The van der Waals surface area contributed by atoms with E-state index in [0.29, 0.717) is 5.56 Å². The minimum atomic E-state index is -0.979. The van der Waals surface area contributed by atoms with Gasteiger partial charge in [-0.15, -0.1) is 0 Å². The number of aryl methyl sites for hydroxylation is 1. The van der Waals surface area contributed by atoms with E-state index in [1.54, 1.807) is 43.3 Å². The van der Waals surface area contributed by atoms with Crippen molar-refractivity contribution in [1.29, 1.82) is 0 Å². The Kier molecular flexibility index (Phi) is 4.89. The summed E-state index contributed by atoms with van der Waals surface area (Å²) in [7, 11) is 1.22. The van der Waals surface area contributed by atoms with Crippen LogP contribution in [-0.4, -0.2) is 15.5 Å². The van der Waals surface area contributed by atoms with E-state index in [2.05, 4.69) is 10.3 Å². The zero-order chi connectivity index (χ0) is 19.6. The van der Waals surface area contributed by atoms with Crippen LogP contribution in [0.25, 0.3) is 0 Å². The van der Waals surface area contributed by atoms with Crippen LogP contribution in [0.1, 0.15) is 15.9 Å². The number of nitrogens with zero attached hydrogens (tertiary/aromatic N) is 1. The average Bonchev–Trinajstić information content (AvgIpc) is 2.63. The molecule has 0 aliphatic carbocycles. The van der Waals surface area contributed by atoms with Gasteiger partial charge in [0, 0.05) is 7.05 Å². The lowest BCUT2D eigenvalue weighted by atomic mass is 10.2. The molecule has 1 aromatic heterocycles. The molecule has 0 saturated heterocycles. The molecule has 0 aliphatic heterocycles. The van der Waals surface area contributed by atoms with Crippen molar-refractivity contribution in [2.75, 3.05) is 5.32 Å². The number of benzene rings is 2. The van der Waals surface area contributed by atoms with E-state index in [-0.39, 0.29) is 17.3 Å². The second-order valence-corrected chi connectivity index (χ2v) is 5.86. The van der Waals surface area contributed by atoms with Crippen molar-refractivity contribution < 1.29 is 13.9 Å². The van der Waals surface area contributed by atoms with E-state index in [4.69, 9.17) is 4.74 Å². The molecule has 0 amide bonds. The monoisotopic (exact) mass is 369 g/mol. The molecule has 8 heteroatoms. The molecule has 0 radical (unpaired) electrons. The van der Waals surface area contributed by atoms with Gasteiger partial charge < -0.3 is 10.1 Å². The largest absolute Gasteiger partial charge is 0.423 e. The molecule has 0 spiro atoms. The normalized spacial score (nSPS) is 10.5. The molecular formula is C19H16FN3O4. The van der Waals surface area contributed by atoms with Crippen LogP contribution in [0.15, 0.2) is 58.1 Å². The van der Waals surface area contributed by atoms with Crippen molar-refractivity contribution in [2.45, 2.75) is 6.92 Å². The van der Waals surface area contributed by atoms with Crippen molar-refractivity contribution in [3.05, 3.63) is 86.3 Å². The third kappa shape index (κ3) is 3.79. The first-order chi connectivity index (χ1) is 12.9. The highest BCUT2D eigenvalue weighted by molar-refractivity contribution is 5.96. The van der Waals surface area contributed by atoms with Crippen molar-refractivity contribution in [1.82, 2.24) is 9.55 Å². The second kappa shape index (κ2) is 7.28. The molecule has 3 rings (SSSR count). The summed E-state index contributed by atoms with van der Waals surface area (Å²) >= 11 is 0. The lowest BCUT2D eigenvalue weighted by molar-refractivity contribution is 0.0733. The van der Waals surface area contributed by atoms with Crippen LogP contribution in [-0.2, 0) is 7.05 Å². The number of ether oxygens (including phenoxy) is 1. The number of nitrogens with one attached hydrogen (secondary N) is 2. The Hall–Kier alpha value is -3.68. The summed E-state index contributed by atoms with van der Waals surface area (Å²) in [4.78, 5) is 39.4. The SMILES string of the molecule is Cc1ccc(Nc2[nH]c(=O)n(C)c(=O)c2C(=O)Oc2ccccc2)c(F)c1. The fourth-order valence-electron chi connectivity index (χ4n) is 2.41. The quantitative estimate of drug-likeness (QED) is 0.544. The number of esters is 1. The van der Waals surface area contributed by atoms with Gasteiger partial charge in [-0.1, -0.05) is 24.3 Å². The summed E-state index contributed by atoms with van der Waals surface area (Å²) in [5, 5.41) is 2.60. The van der Waals surface area contributed by atoms with Gasteiger partial charge in [0.15, 0.2) is 5.56 Å². The van der Waals surface area contributed by atoms with Gasteiger partial charge in [-0.25, -0.2) is 14.0 Å². The first-order valence-electron chi connectivity index (χ1n) is 8.00. The van der Waals surface area contributed by atoms with Crippen LogP contribution in [0.3, 0.4) is 0 Å². The van der Waals surface area contributed by atoms with Crippen molar-refractivity contribution in [3.63, 3.8) is 0 Å². The molecule has 138 valence electrons. The van der Waals surface area contributed by atoms with Gasteiger partial charge >= 0.3 is 11.7 Å². The minimum Gasteiger partial charge on any atom is -0.423 e. The van der Waals surface area contributed by atoms with Gasteiger partial charge in [-0.2, -0.15) is 0 Å². The highest BCUT2D eigenvalue weighted by Gasteiger charge is 2.22. The number of halogens is 1. The van der Waals surface area contributed by atoms with Crippen LogP contribution in [0, 0.1) is 12.7 Å². The third-order valence-corrected chi connectivity index (χ3v) is 3.85. The predicted octanol–water partition coefficient (Wildman–Crippen LogP) is 2.48. The zero-order valence-electron chi connectivity index (χ0n) is 14.6. The molecular weight excluding hydrogens is 353 g/mol. The van der Waals surface area contributed by atoms with Gasteiger partial charge in [0.05, 0.1) is 5.69 Å². The van der Waals surface area contributed by atoms with E-state index in [0.717, 1.165) is 4.57 Å². The number of aromatic nitrogens is 2. The summed E-state index contributed by atoms with van der Waals surface area (Å²) in [6.45, 7) is 1.72. The van der Waals surface area contributed by atoms with E-state index < -0.39 is 28.6 Å². The van der Waals surface area contributed by atoms with Gasteiger partial charge in [-0.3, -0.25) is 14.3 Å². The Morgan fingerprint density at radius 3 is 2.52 bits per heavy atom. The predicted molar refractivity (Wildman–Crippen MR) is 98.1 cm³/mol. The number of hydrogen-bond donors (Lipinski definition) is 2. The lowest BCUT2D eigenvalue weighted by Crippen LogP contribution is -2.38. The molecule has 0 fully saturated rings. The number of carbonyl (C=O) groups is 1. The maximum atomic E-state index is 14.1. The molecule has 3 aromatic rings. The zero-order valence-corrected chi connectivity index (χ0v) is 14.6. The van der Waals surface area contributed by atoms with Crippen molar-refractivity contribution >= 4 is 17.5 Å². The van der Waals surface area contributed by atoms with Crippen LogP contribution >= 0.6 is 0 Å². The maximum absolute atomic E-state index is 14.1. The number of hydrogen-bond acceptors (Lipinski definition) is 5. The maximum Gasteiger partial charge on any atom is 0.352 e. The molecule has 0 bridgehead atoms. The highest BCUT2D eigenvalue weighted by Crippen LogP contribution is 2.21. The summed E-state index contributed by atoms with van der Waals surface area (Å²) in [5.74, 6) is -1.60. The summed E-state index contributed by atoms with van der Waals surface area (Å²) < 4.78 is 20.1. The Balaban J connectivity index is 2.06. The number of carbonyl (C=O) groups excluding carboxylic acids is 1. The highest BCUT2D eigenvalue weighted by atomic mass is 19.1. The van der Waals surface area contributed by atoms with Crippen LogP contribution < -0.4 is 21.3 Å². The van der Waals surface area contributed by atoms with Gasteiger partial charge in [0.1, 0.15) is 17.4 Å². The summed E-state index contributed by atoms with van der Waals surface area (Å²) in [5.41, 5.74) is -1.38. The van der Waals surface area contributed by atoms with E-state index in [1.807, 2.05) is 0 Å². The van der Waals surface area contributed by atoms with Crippen LogP contribution in [0.4, 0.5) is 15.9 Å². The molecule has 0 unspecified atom stereocenters. The van der Waals surface area contributed by atoms with Crippen molar-refractivity contribution in [2.24, 2.45) is 7.05 Å². The molecule has 0 aliphatic rings. The molecule has 2 aromatic carbocycles. The van der Waals surface area contributed by atoms with Crippen LogP contribution in [0.2, 0.25) is 0 Å². The van der Waals surface area contributed by atoms with E-state index in [1.165, 1.54) is 19.2 Å². The number of H-pyrrole nitrogens is 1. The molecule has 1 heterocycles. The Labute approximate surface area is 153 Å². The number of aromatic amines is 1. The number of para-hydroxylation sites is 1. The molecule has 27 heavy (non-hydrogen) atoms. The fourth-order valence-corrected chi connectivity index (χ4v) is 2.41. The summed E-state index contributed by atoms with van der Waals surface area (Å²) in [6, 6.07) is 12.5. The number of rotatable bonds is 4. The van der Waals surface area contributed by atoms with Crippen molar-refractivity contribution in [3.8, 4) is 5.75 Å². The Bertz CT molecular complexity index is 1120. The number of anilines is 2. The Morgan fingerprint density at radius 1 is 1.15 bits per heavy atom. The van der Waals surface area contributed by atoms with Gasteiger partial charge in [0.25, 0.3) is 5.56 Å². The smallest absolute Gasteiger partial charge is 0.352 e. The lowest BCUT2D eigenvalue weighted by Gasteiger charge is -2.13. The fraction of sp³-hybridized carbons (Fsp3) is 0.105. The first kappa shape index (κ1) is 18.1. The molecule has 2 N–H and O–H groups in total. The standard InChI is InChI=1S/C19H16FN3O4/c1-11-8-9-14(13(20)10-11)21-16-15(17(24)23(2)19(26)22-16)18(25)27-12-6-4-3-5-7-12/h3-10,21H,1-2H3,(H,22,26). The Morgan fingerprint density at radius 2 is 1.85 bits per heavy atom. The van der Waals surface area contributed by atoms with Gasteiger partial charge in [0.2, 0.25) is 0 Å². The average molecular weight is 369 g/mol. The first-order valence-corrected chi connectivity index (χ1v) is 8.00. The molecule has 0 atom stereocenters. The minimum absolute atomic E-state index is 0.00161. The second-order valence-electron chi connectivity index (χ2n) is 5.86. The third-order valence-electron chi connectivity index (χ3n) is 3.85. The van der Waals surface area contributed by atoms with E-state index in [9.17, 15) is 18.8 Å². The van der Waals surface area contributed by atoms with Gasteiger partial charge in [-0.05, 0) is 36.8 Å². The summed E-state index contributed by atoms with van der Waals surface area (Å²) in [6.07, 6.45) is 0. The van der Waals surface area contributed by atoms with E-state index >= 15 is 0 Å². The van der Waals surface area contributed by atoms with Crippen LogP contribution in [0.5, 0.6) is 5.75 Å². The molecule has 7 nitrogen and oxygen atoms in total. The molecule has 0 saturated carbocycles.